The lowest BCUT2D eigenvalue weighted by molar-refractivity contribution is 0.267. The quantitative estimate of drug-likeness (QED) is 0.696. The van der Waals surface area contributed by atoms with Crippen LogP contribution in [0.4, 0.5) is 11.6 Å². The molecule has 0 aliphatic heterocycles. The molecule has 6 nitrogen and oxygen atoms in total. The van der Waals surface area contributed by atoms with E-state index < -0.39 is 0 Å². The molecule has 0 fully saturated rings. The number of aliphatic hydroxyl groups is 1. The highest BCUT2D eigenvalue weighted by Gasteiger charge is 2.16. The van der Waals surface area contributed by atoms with E-state index in [0.29, 0.717) is 12.3 Å². The minimum atomic E-state index is 0.161. The van der Waals surface area contributed by atoms with Crippen LogP contribution in [0, 0.1) is 5.92 Å². The molecule has 116 valence electrons. The summed E-state index contributed by atoms with van der Waals surface area (Å²) >= 11 is 0. The van der Waals surface area contributed by atoms with E-state index in [1.165, 1.54) is 0 Å². The zero-order valence-electron chi connectivity index (χ0n) is 13.0. The molecule has 0 saturated carbocycles. The summed E-state index contributed by atoms with van der Waals surface area (Å²) in [6.45, 7) is 7.44. The summed E-state index contributed by atoms with van der Waals surface area (Å²) in [6.07, 6.45) is 7.36. The summed E-state index contributed by atoms with van der Waals surface area (Å²) in [6, 6.07) is 0.171. The zero-order chi connectivity index (χ0) is 15.2. The predicted octanol–water partition coefficient (Wildman–Crippen LogP) is 2.37. The van der Waals surface area contributed by atoms with E-state index in [-0.39, 0.29) is 12.6 Å². The van der Waals surface area contributed by atoms with Crippen molar-refractivity contribution in [3.05, 3.63) is 18.6 Å². The average Bonchev–Trinajstić information content (AvgIpc) is 2.93. The fourth-order valence-electron chi connectivity index (χ4n) is 2.25. The van der Waals surface area contributed by atoms with Crippen LogP contribution < -0.4 is 10.6 Å². The number of hydrogen-bond donors (Lipinski definition) is 3. The van der Waals surface area contributed by atoms with E-state index in [2.05, 4.69) is 41.4 Å². The first-order valence-corrected chi connectivity index (χ1v) is 7.60. The largest absolute Gasteiger partial charge is 0.396 e. The maximum Gasteiger partial charge on any atom is 0.180 e. The normalized spacial score (nSPS) is 12.8. The molecule has 1 atom stereocenters. The maximum absolute atomic E-state index is 9.21. The minimum absolute atomic E-state index is 0.161. The van der Waals surface area contributed by atoms with Crippen LogP contribution in [-0.2, 0) is 0 Å². The van der Waals surface area contributed by atoms with Gasteiger partial charge in [0.25, 0.3) is 0 Å². The van der Waals surface area contributed by atoms with Crippen molar-refractivity contribution < 1.29 is 5.11 Å². The van der Waals surface area contributed by atoms with E-state index in [9.17, 15) is 5.11 Å². The second-order valence-electron chi connectivity index (χ2n) is 5.57. The number of anilines is 2. The second-order valence-corrected chi connectivity index (χ2v) is 5.57. The lowest BCUT2D eigenvalue weighted by atomic mass is 10.0. The van der Waals surface area contributed by atoms with Crippen LogP contribution in [-0.4, -0.2) is 38.7 Å². The average molecular weight is 291 g/mol. The molecule has 0 radical (unpaired) electrons. The van der Waals surface area contributed by atoms with Crippen molar-refractivity contribution in [3.8, 4) is 0 Å². The summed E-state index contributed by atoms with van der Waals surface area (Å²) < 4.78 is 1.96. The number of nitrogens with zero attached hydrogens (tertiary/aromatic N) is 3. The third-order valence-electron chi connectivity index (χ3n) is 3.50. The summed E-state index contributed by atoms with van der Waals surface area (Å²) in [5.74, 6) is 1.99. The van der Waals surface area contributed by atoms with Crippen molar-refractivity contribution >= 4 is 17.3 Å². The fourth-order valence-corrected chi connectivity index (χ4v) is 2.25. The van der Waals surface area contributed by atoms with E-state index in [0.717, 1.165) is 30.2 Å². The van der Waals surface area contributed by atoms with Crippen LogP contribution in [0.2, 0.25) is 0 Å². The number of aliphatic hydroxyl groups excluding tert-OH is 1. The second kappa shape index (κ2) is 7.26. The first-order valence-electron chi connectivity index (χ1n) is 7.60. The van der Waals surface area contributed by atoms with Crippen molar-refractivity contribution in [3.63, 3.8) is 0 Å². The highest BCUT2D eigenvalue weighted by atomic mass is 16.3. The number of hydrogen-bond acceptors (Lipinski definition) is 5. The van der Waals surface area contributed by atoms with Gasteiger partial charge in [-0.05, 0) is 18.8 Å². The van der Waals surface area contributed by atoms with Gasteiger partial charge in [-0.25, -0.2) is 9.97 Å². The van der Waals surface area contributed by atoms with Crippen LogP contribution in [0.25, 0.3) is 5.65 Å². The first-order chi connectivity index (χ1) is 10.2. The molecule has 21 heavy (non-hydrogen) atoms. The van der Waals surface area contributed by atoms with Gasteiger partial charge in [-0.2, -0.15) is 0 Å². The van der Waals surface area contributed by atoms with Gasteiger partial charge in [-0.3, -0.25) is 0 Å². The predicted molar refractivity (Wildman–Crippen MR) is 85.7 cm³/mol. The molecule has 3 N–H and O–H groups in total. The van der Waals surface area contributed by atoms with Crippen LogP contribution in [0.15, 0.2) is 18.6 Å². The van der Waals surface area contributed by atoms with E-state index >= 15 is 0 Å². The zero-order valence-corrected chi connectivity index (χ0v) is 13.0. The van der Waals surface area contributed by atoms with Gasteiger partial charge >= 0.3 is 0 Å². The van der Waals surface area contributed by atoms with Gasteiger partial charge in [0.2, 0.25) is 0 Å². The number of rotatable bonds is 8. The van der Waals surface area contributed by atoms with Gasteiger partial charge in [0.05, 0.1) is 6.20 Å². The third kappa shape index (κ3) is 3.85. The van der Waals surface area contributed by atoms with Gasteiger partial charge in [-0.15, -0.1) is 0 Å². The molecule has 0 saturated heterocycles. The fraction of sp³-hybridized carbons (Fsp3) is 0.600. The Hall–Kier alpha value is -1.82. The Labute approximate surface area is 125 Å². The summed E-state index contributed by atoms with van der Waals surface area (Å²) in [5.41, 5.74) is 0.806. The van der Waals surface area contributed by atoms with Gasteiger partial charge in [0.15, 0.2) is 11.5 Å². The van der Waals surface area contributed by atoms with Crippen molar-refractivity contribution in [2.75, 3.05) is 23.8 Å². The molecule has 0 bridgehead atoms. The molecular weight excluding hydrogens is 266 g/mol. The van der Waals surface area contributed by atoms with Crippen molar-refractivity contribution in [1.82, 2.24) is 14.4 Å². The SMILES string of the molecule is CCCNc1cn2ccnc2c(NC(CCO)C(C)C)n1. The number of aromatic nitrogens is 3. The van der Waals surface area contributed by atoms with Crippen LogP contribution in [0.3, 0.4) is 0 Å². The Morgan fingerprint density at radius 1 is 1.38 bits per heavy atom. The minimum Gasteiger partial charge on any atom is -0.396 e. The number of nitrogens with one attached hydrogen (secondary N) is 2. The summed E-state index contributed by atoms with van der Waals surface area (Å²) in [4.78, 5) is 8.99. The molecule has 0 spiro atoms. The molecule has 1 unspecified atom stereocenters. The highest BCUT2D eigenvalue weighted by Crippen LogP contribution is 2.20. The molecule has 2 rings (SSSR count). The lowest BCUT2D eigenvalue weighted by Gasteiger charge is -2.22. The van der Waals surface area contributed by atoms with E-state index in [4.69, 9.17) is 0 Å². The standard InChI is InChI=1S/C15H25N5O/c1-4-6-16-13-10-20-8-7-17-15(20)14(19-13)18-12(5-9-21)11(2)3/h7-8,10-12,16,21H,4-6,9H2,1-3H3,(H,18,19). The number of fused-ring (bicyclic) bond motifs is 1. The molecule has 0 amide bonds. The van der Waals surface area contributed by atoms with Crippen LogP contribution in [0.5, 0.6) is 0 Å². The molecule has 2 heterocycles. The summed E-state index contributed by atoms with van der Waals surface area (Å²) in [5, 5.41) is 15.9. The first kappa shape index (κ1) is 15.6. The Morgan fingerprint density at radius 2 is 2.19 bits per heavy atom. The van der Waals surface area contributed by atoms with Gasteiger partial charge in [0, 0.05) is 31.6 Å². The van der Waals surface area contributed by atoms with E-state index in [1.807, 2.05) is 16.8 Å². The Balaban J connectivity index is 2.29. The lowest BCUT2D eigenvalue weighted by Crippen LogP contribution is -2.27. The molecule has 2 aromatic rings. The molecule has 6 heteroatoms. The highest BCUT2D eigenvalue weighted by molar-refractivity contribution is 5.65. The Kier molecular flexibility index (Phi) is 5.38. The third-order valence-corrected chi connectivity index (χ3v) is 3.50. The van der Waals surface area contributed by atoms with Crippen molar-refractivity contribution in [2.45, 2.75) is 39.7 Å². The Bertz CT molecular complexity index is 566. The van der Waals surface area contributed by atoms with E-state index in [1.54, 1.807) is 6.20 Å². The maximum atomic E-state index is 9.21. The summed E-state index contributed by atoms with van der Waals surface area (Å²) in [7, 11) is 0. The van der Waals surface area contributed by atoms with Crippen molar-refractivity contribution in [2.24, 2.45) is 5.92 Å². The molecular formula is C15H25N5O. The van der Waals surface area contributed by atoms with Gasteiger partial charge < -0.3 is 20.1 Å². The molecule has 0 aromatic carbocycles. The monoisotopic (exact) mass is 291 g/mol. The smallest absolute Gasteiger partial charge is 0.180 e. The molecule has 0 aliphatic carbocycles. The Morgan fingerprint density at radius 3 is 2.86 bits per heavy atom. The van der Waals surface area contributed by atoms with Crippen molar-refractivity contribution in [1.29, 1.82) is 0 Å². The van der Waals surface area contributed by atoms with Gasteiger partial charge in [0.1, 0.15) is 5.82 Å². The molecule has 2 aromatic heterocycles. The molecule has 0 aliphatic rings. The van der Waals surface area contributed by atoms with Crippen LogP contribution in [0.1, 0.15) is 33.6 Å². The van der Waals surface area contributed by atoms with Crippen LogP contribution >= 0.6 is 0 Å². The topological polar surface area (TPSA) is 74.5 Å². The van der Waals surface area contributed by atoms with Gasteiger partial charge in [-0.1, -0.05) is 20.8 Å². The number of imidazole rings is 1.